The minimum Gasteiger partial charge on any atom is -0.366 e. The third-order valence-electron chi connectivity index (χ3n) is 4.32. The summed E-state index contributed by atoms with van der Waals surface area (Å²) in [7, 11) is 0. The molecule has 4 heteroatoms. The smallest absolute Gasteiger partial charge is 0.248 e. The third-order valence-corrected chi connectivity index (χ3v) is 4.32. The van der Waals surface area contributed by atoms with Gasteiger partial charge in [-0.1, -0.05) is 42.5 Å². The number of carbonyl (C=O) groups is 1. The Bertz CT molecular complexity index is 864. The van der Waals surface area contributed by atoms with Crippen molar-refractivity contribution in [3.63, 3.8) is 0 Å². The van der Waals surface area contributed by atoms with Gasteiger partial charge in [-0.15, -0.1) is 0 Å². The fraction of sp³-hybridized carbons (Fsp3) is 0.158. The minimum atomic E-state index is -0.404. The maximum Gasteiger partial charge on any atom is 0.248 e. The van der Waals surface area contributed by atoms with Gasteiger partial charge >= 0.3 is 0 Å². The molecule has 1 aromatic heterocycles. The Morgan fingerprint density at radius 2 is 1.74 bits per heavy atom. The Kier molecular flexibility index (Phi) is 3.23. The number of aryl methyl sites for hydroxylation is 1. The molecular formula is C19H17N3O. The van der Waals surface area contributed by atoms with Crippen molar-refractivity contribution in [2.24, 2.45) is 5.73 Å². The van der Waals surface area contributed by atoms with E-state index in [1.165, 1.54) is 0 Å². The van der Waals surface area contributed by atoms with Crippen LogP contribution in [-0.4, -0.2) is 15.5 Å². The summed E-state index contributed by atoms with van der Waals surface area (Å²) >= 11 is 0. The van der Waals surface area contributed by atoms with Crippen molar-refractivity contribution < 1.29 is 4.79 Å². The average molecular weight is 303 g/mol. The van der Waals surface area contributed by atoms with E-state index in [-0.39, 0.29) is 0 Å². The van der Waals surface area contributed by atoms with E-state index in [0.717, 1.165) is 47.7 Å². The number of carbonyl (C=O) groups excluding carboxylic acids is 1. The first-order chi connectivity index (χ1) is 11.2. The van der Waals surface area contributed by atoms with Gasteiger partial charge in [-0.3, -0.25) is 4.79 Å². The molecule has 0 saturated heterocycles. The van der Waals surface area contributed by atoms with Gasteiger partial charge in [0.05, 0.1) is 11.4 Å². The van der Waals surface area contributed by atoms with E-state index in [1.807, 2.05) is 30.3 Å². The summed E-state index contributed by atoms with van der Waals surface area (Å²) < 4.78 is 2.29. The highest BCUT2D eigenvalue weighted by molar-refractivity contribution is 5.93. The van der Waals surface area contributed by atoms with Crippen LogP contribution >= 0.6 is 0 Å². The molecule has 0 unspecified atom stereocenters. The molecule has 2 heterocycles. The van der Waals surface area contributed by atoms with Crippen molar-refractivity contribution in [3.8, 4) is 22.5 Å². The molecule has 0 saturated carbocycles. The van der Waals surface area contributed by atoms with Crippen LogP contribution in [0.25, 0.3) is 22.5 Å². The second-order valence-electron chi connectivity index (χ2n) is 5.79. The second kappa shape index (κ2) is 5.39. The number of primary amides is 1. The normalized spacial score (nSPS) is 13.0. The predicted octanol–water partition coefficient (Wildman–Crippen LogP) is 3.26. The molecule has 0 aliphatic carbocycles. The Morgan fingerprint density at radius 1 is 1.00 bits per heavy atom. The first-order valence-electron chi connectivity index (χ1n) is 7.79. The van der Waals surface area contributed by atoms with Crippen molar-refractivity contribution in [2.45, 2.75) is 19.4 Å². The van der Waals surface area contributed by atoms with Gasteiger partial charge < -0.3 is 10.3 Å². The molecule has 1 aliphatic heterocycles. The molecule has 3 aromatic rings. The van der Waals surface area contributed by atoms with E-state index >= 15 is 0 Å². The SMILES string of the molecule is NC(=O)c1ccc(-c2c(-c3ccccc3)nc3n2CCC3)cc1. The van der Waals surface area contributed by atoms with Gasteiger partial charge in [-0.2, -0.15) is 0 Å². The molecule has 2 N–H and O–H groups in total. The summed E-state index contributed by atoms with van der Waals surface area (Å²) in [4.78, 5) is 16.1. The molecule has 4 rings (SSSR count). The van der Waals surface area contributed by atoms with E-state index in [9.17, 15) is 4.79 Å². The van der Waals surface area contributed by atoms with Crippen LogP contribution in [0.15, 0.2) is 54.6 Å². The first-order valence-corrected chi connectivity index (χ1v) is 7.79. The van der Waals surface area contributed by atoms with E-state index in [4.69, 9.17) is 10.7 Å². The first kappa shape index (κ1) is 13.8. The molecule has 0 fully saturated rings. The molecule has 0 spiro atoms. The van der Waals surface area contributed by atoms with Gasteiger partial charge in [0.25, 0.3) is 0 Å². The third kappa shape index (κ3) is 2.32. The zero-order valence-corrected chi connectivity index (χ0v) is 12.7. The van der Waals surface area contributed by atoms with E-state index < -0.39 is 5.91 Å². The zero-order chi connectivity index (χ0) is 15.8. The lowest BCUT2D eigenvalue weighted by molar-refractivity contribution is 0.100. The van der Waals surface area contributed by atoms with Crippen LogP contribution in [0.3, 0.4) is 0 Å². The van der Waals surface area contributed by atoms with Crippen molar-refractivity contribution in [2.75, 3.05) is 0 Å². The van der Waals surface area contributed by atoms with Gasteiger partial charge in [0, 0.05) is 29.7 Å². The Hall–Kier alpha value is -2.88. The molecular weight excluding hydrogens is 286 g/mol. The quantitative estimate of drug-likeness (QED) is 0.807. The molecule has 1 aliphatic rings. The molecule has 2 aromatic carbocycles. The van der Waals surface area contributed by atoms with Crippen LogP contribution in [0.1, 0.15) is 22.6 Å². The summed E-state index contributed by atoms with van der Waals surface area (Å²) in [5.74, 6) is 0.733. The lowest BCUT2D eigenvalue weighted by Gasteiger charge is -2.09. The number of hydrogen-bond acceptors (Lipinski definition) is 2. The standard InChI is InChI=1S/C19H17N3O/c20-19(23)15-10-8-14(9-11-15)18-17(13-5-2-1-3-6-13)21-16-7-4-12-22(16)18/h1-3,5-6,8-11H,4,7,12H2,(H2,20,23). The van der Waals surface area contributed by atoms with E-state index in [1.54, 1.807) is 12.1 Å². The van der Waals surface area contributed by atoms with E-state index in [0.29, 0.717) is 5.56 Å². The summed E-state index contributed by atoms with van der Waals surface area (Å²) in [6, 6.07) is 17.7. The molecule has 23 heavy (non-hydrogen) atoms. The van der Waals surface area contributed by atoms with Crippen molar-refractivity contribution in [1.29, 1.82) is 0 Å². The fourth-order valence-electron chi connectivity index (χ4n) is 3.21. The number of nitrogens with zero attached hydrogens (tertiary/aromatic N) is 2. The lowest BCUT2D eigenvalue weighted by atomic mass is 10.0. The van der Waals surface area contributed by atoms with Crippen LogP contribution in [0, 0.1) is 0 Å². The maximum absolute atomic E-state index is 11.3. The van der Waals surface area contributed by atoms with Crippen LogP contribution in [-0.2, 0) is 13.0 Å². The predicted molar refractivity (Wildman–Crippen MR) is 89.9 cm³/mol. The molecule has 114 valence electrons. The highest BCUT2D eigenvalue weighted by Gasteiger charge is 2.23. The lowest BCUT2D eigenvalue weighted by Crippen LogP contribution is -2.10. The van der Waals surface area contributed by atoms with Gasteiger partial charge in [-0.25, -0.2) is 4.98 Å². The largest absolute Gasteiger partial charge is 0.366 e. The zero-order valence-electron chi connectivity index (χ0n) is 12.7. The number of fused-ring (bicyclic) bond motifs is 1. The number of nitrogens with two attached hydrogens (primary N) is 1. The number of hydrogen-bond donors (Lipinski definition) is 1. The Labute approximate surface area is 134 Å². The van der Waals surface area contributed by atoms with Crippen LogP contribution in [0.5, 0.6) is 0 Å². The summed E-state index contributed by atoms with van der Waals surface area (Å²) in [5, 5.41) is 0. The summed E-state index contributed by atoms with van der Waals surface area (Å²) in [5.41, 5.74) is 10.2. The van der Waals surface area contributed by atoms with Gasteiger partial charge in [0.15, 0.2) is 0 Å². The van der Waals surface area contributed by atoms with Crippen LogP contribution in [0.4, 0.5) is 0 Å². The number of imidazole rings is 1. The van der Waals surface area contributed by atoms with Gasteiger partial charge in [0.2, 0.25) is 5.91 Å². The monoisotopic (exact) mass is 303 g/mol. The number of amides is 1. The maximum atomic E-state index is 11.3. The van der Waals surface area contributed by atoms with Gasteiger partial charge in [0.1, 0.15) is 5.82 Å². The van der Waals surface area contributed by atoms with E-state index in [2.05, 4.69) is 16.7 Å². The van der Waals surface area contributed by atoms with Crippen molar-refractivity contribution in [3.05, 3.63) is 66.0 Å². The number of aromatic nitrogens is 2. The average Bonchev–Trinajstić information content (AvgIpc) is 3.16. The molecule has 4 nitrogen and oxygen atoms in total. The Morgan fingerprint density at radius 3 is 2.43 bits per heavy atom. The fourth-order valence-corrected chi connectivity index (χ4v) is 3.21. The van der Waals surface area contributed by atoms with Crippen molar-refractivity contribution >= 4 is 5.91 Å². The highest BCUT2D eigenvalue weighted by Crippen LogP contribution is 2.35. The Balaban J connectivity index is 1.88. The van der Waals surface area contributed by atoms with Crippen LogP contribution < -0.4 is 5.73 Å². The van der Waals surface area contributed by atoms with Gasteiger partial charge in [-0.05, 0) is 18.6 Å². The van der Waals surface area contributed by atoms with Crippen LogP contribution in [0.2, 0.25) is 0 Å². The number of rotatable bonds is 3. The van der Waals surface area contributed by atoms with Crippen molar-refractivity contribution in [1.82, 2.24) is 9.55 Å². The molecule has 0 atom stereocenters. The summed E-state index contributed by atoms with van der Waals surface area (Å²) in [6.07, 6.45) is 2.14. The highest BCUT2D eigenvalue weighted by atomic mass is 16.1. The summed E-state index contributed by atoms with van der Waals surface area (Å²) in [6.45, 7) is 0.988. The topological polar surface area (TPSA) is 60.9 Å². The number of benzene rings is 2. The minimum absolute atomic E-state index is 0.404. The molecule has 0 radical (unpaired) electrons. The molecule has 1 amide bonds. The molecule has 0 bridgehead atoms. The second-order valence-corrected chi connectivity index (χ2v) is 5.79.